The maximum absolute atomic E-state index is 13.5. The van der Waals surface area contributed by atoms with E-state index in [0.717, 1.165) is 19.3 Å². The van der Waals surface area contributed by atoms with Crippen molar-refractivity contribution < 1.29 is 51.3 Å². The summed E-state index contributed by atoms with van der Waals surface area (Å²) in [4.78, 5) is 26.5. The summed E-state index contributed by atoms with van der Waals surface area (Å²) in [5.74, 6) is -1.57. The highest BCUT2D eigenvalue weighted by molar-refractivity contribution is 7.97. The second kappa shape index (κ2) is 20.5. The number of aromatic nitrogens is 2. The van der Waals surface area contributed by atoms with Crippen LogP contribution in [-0.4, -0.2) is 87.6 Å². The average Bonchev–Trinajstić information content (AvgIpc) is 3.61. The molecule has 14 nitrogen and oxygen atoms in total. The lowest BCUT2D eigenvalue weighted by Gasteiger charge is -2.31. The van der Waals surface area contributed by atoms with Gasteiger partial charge in [-0.05, 0) is 25.3 Å². The van der Waals surface area contributed by atoms with Crippen LogP contribution in [0.5, 0.6) is 0 Å². The quantitative estimate of drug-likeness (QED) is 0.0288. The molecule has 2 aromatic rings. The molecule has 2 aliphatic rings. The molecule has 53 heavy (non-hydrogen) atoms. The number of fused-ring (bicyclic) bond motifs is 1. The molecule has 3 heterocycles. The Morgan fingerprint density at radius 3 is 2.28 bits per heavy atom. The zero-order valence-corrected chi connectivity index (χ0v) is 32.7. The molecule has 1 unspecified atom stereocenters. The van der Waals surface area contributed by atoms with Gasteiger partial charge in [0.15, 0.2) is 26.7 Å². The van der Waals surface area contributed by atoms with Crippen molar-refractivity contribution >= 4 is 51.7 Å². The third-order valence-electron chi connectivity index (χ3n) is 9.71. The third-order valence-corrected chi connectivity index (χ3v) is 14.2. The lowest BCUT2D eigenvalue weighted by molar-refractivity contribution is -0.150. The Bertz CT molecular complexity index is 1700. The Morgan fingerprint density at radius 2 is 1.70 bits per heavy atom. The number of hydrogen-bond acceptors (Lipinski definition) is 12. The molecule has 2 aromatic heterocycles. The fourth-order valence-corrected chi connectivity index (χ4v) is 10.6. The zero-order chi connectivity index (χ0) is 38.6. The van der Waals surface area contributed by atoms with Gasteiger partial charge in [0.1, 0.15) is 41.8 Å². The van der Waals surface area contributed by atoms with Gasteiger partial charge in [-0.3, -0.25) is 13.9 Å². The second-order valence-corrected chi connectivity index (χ2v) is 18.9. The Morgan fingerprint density at radius 1 is 1.09 bits per heavy atom. The minimum Gasteiger partial charge on any atom is -0.438 e. The molecule has 1 aliphatic carbocycles. The highest BCUT2D eigenvalue weighted by Crippen LogP contribution is 2.44. The number of halogens is 2. The molecule has 1 aliphatic heterocycles. The molecule has 1 saturated heterocycles. The van der Waals surface area contributed by atoms with E-state index in [1.807, 2.05) is 6.07 Å². The fraction of sp³-hybridized carbons (Fsp3) is 0.743. The fourth-order valence-electron chi connectivity index (χ4n) is 6.69. The van der Waals surface area contributed by atoms with Gasteiger partial charge in [-0.25, -0.2) is 17.8 Å². The highest BCUT2D eigenvalue weighted by Gasteiger charge is 2.47. The van der Waals surface area contributed by atoms with Gasteiger partial charge in [-0.15, -0.1) is 0 Å². The van der Waals surface area contributed by atoms with Crippen LogP contribution < -0.4 is 5.32 Å². The number of alkyl halides is 1. The van der Waals surface area contributed by atoms with Crippen molar-refractivity contribution in [1.82, 2.24) is 9.55 Å². The minimum absolute atomic E-state index is 0.0383. The standard InChI is InChI=1S/C35H53ClFN4O10PS/c1-2-3-4-5-6-7-8-9-10-11-12-13-14-15-29(42)49-22-50-52(45,46)23-53(47,48)21-28-31(43)32(44)35(51-28)41-17-16-26-30(39-25-18-24(37)19-25)27(20-38)33(36)40-34(26)41/h16-17,24-25,28,31-32,35,43-44H,2-15,18-19,21-23H2,1H3,(H,39,40)(H,45,46)/t24?,25?,28-,31-,32-,35+/m1/s1. The number of nitrogens with zero attached hydrogens (tertiary/aromatic N) is 3. The molecule has 0 bridgehead atoms. The van der Waals surface area contributed by atoms with Crippen LogP contribution in [0.25, 0.3) is 11.0 Å². The van der Waals surface area contributed by atoms with E-state index < -0.39 is 72.2 Å². The van der Waals surface area contributed by atoms with Crippen LogP contribution in [0.15, 0.2) is 12.3 Å². The van der Waals surface area contributed by atoms with E-state index in [1.165, 1.54) is 68.6 Å². The van der Waals surface area contributed by atoms with Gasteiger partial charge in [0, 0.05) is 24.0 Å². The number of aliphatic hydroxyl groups is 2. The first-order chi connectivity index (χ1) is 25.2. The first-order valence-corrected chi connectivity index (χ1v) is 22.6. The van der Waals surface area contributed by atoms with Crippen LogP contribution in [0.4, 0.5) is 10.1 Å². The molecule has 298 valence electrons. The summed E-state index contributed by atoms with van der Waals surface area (Å²) in [6.07, 6.45) is 9.85. The summed E-state index contributed by atoms with van der Waals surface area (Å²) in [5.41, 5.74) is -0.852. The predicted molar refractivity (Wildman–Crippen MR) is 198 cm³/mol. The third kappa shape index (κ3) is 12.9. The number of aliphatic hydroxyl groups excluding tert-OH is 2. The van der Waals surface area contributed by atoms with E-state index in [2.05, 4.69) is 17.2 Å². The number of nitriles is 1. The molecule has 1 saturated carbocycles. The maximum atomic E-state index is 13.5. The number of hydrogen-bond donors (Lipinski definition) is 4. The van der Waals surface area contributed by atoms with Crippen molar-refractivity contribution in [3.63, 3.8) is 0 Å². The Hall–Kier alpha value is -2.35. The first kappa shape index (κ1) is 43.4. The molecule has 0 radical (unpaired) electrons. The minimum atomic E-state index is -4.80. The molecular weight excluding hydrogens is 754 g/mol. The van der Waals surface area contributed by atoms with Gasteiger partial charge in [-0.2, -0.15) is 5.26 Å². The van der Waals surface area contributed by atoms with Crippen LogP contribution >= 0.6 is 19.2 Å². The number of unbranched alkanes of at least 4 members (excludes halogenated alkanes) is 12. The Kier molecular flexibility index (Phi) is 16.8. The van der Waals surface area contributed by atoms with Gasteiger partial charge in [0.25, 0.3) is 0 Å². The molecular formula is C35H53ClFN4O10PS. The van der Waals surface area contributed by atoms with E-state index >= 15 is 0 Å². The van der Waals surface area contributed by atoms with Crippen molar-refractivity contribution in [2.45, 2.75) is 146 Å². The predicted octanol–water partition coefficient (Wildman–Crippen LogP) is 6.65. The Balaban J connectivity index is 1.19. The van der Waals surface area contributed by atoms with Crippen molar-refractivity contribution in [1.29, 1.82) is 5.26 Å². The summed E-state index contributed by atoms with van der Waals surface area (Å²) in [7, 11) is -9.24. The van der Waals surface area contributed by atoms with Crippen LogP contribution in [-0.2, 0) is 33.2 Å². The number of esters is 1. The molecule has 0 spiro atoms. The van der Waals surface area contributed by atoms with Crippen LogP contribution in [0.2, 0.25) is 5.15 Å². The van der Waals surface area contributed by atoms with Crippen LogP contribution in [0.3, 0.4) is 0 Å². The van der Waals surface area contributed by atoms with E-state index in [1.54, 1.807) is 6.07 Å². The average molecular weight is 807 g/mol. The lowest BCUT2D eigenvalue weighted by Crippen LogP contribution is -2.36. The van der Waals surface area contributed by atoms with Gasteiger partial charge in [0.05, 0.1) is 11.4 Å². The highest BCUT2D eigenvalue weighted by atomic mass is 35.5. The van der Waals surface area contributed by atoms with E-state index in [9.17, 15) is 42.5 Å². The van der Waals surface area contributed by atoms with Crippen molar-refractivity contribution in [2.24, 2.45) is 0 Å². The molecule has 0 amide bonds. The second-order valence-electron chi connectivity index (χ2n) is 14.1. The number of pyridine rings is 1. The number of anilines is 1. The zero-order valence-electron chi connectivity index (χ0n) is 30.2. The molecule has 2 fully saturated rings. The summed E-state index contributed by atoms with van der Waals surface area (Å²) in [6, 6.07) is 3.31. The van der Waals surface area contributed by atoms with Crippen molar-refractivity contribution in [3.8, 4) is 6.07 Å². The van der Waals surface area contributed by atoms with Gasteiger partial charge < -0.3 is 34.5 Å². The van der Waals surface area contributed by atoms with E-state index in [0.29, 0.717) is 17.5 Å². The largest absolute Gasteiger partial charge is 0.438 e. The van der Waals surface area contributed by atoms with Gasteiger partial charge >= 0.3 is 13.6 Å². The molecule has 0 aromatic carbocycles. The number of carbonyl (C=O) groups is 1. The SMILES string of the molecule is CCCCCCCCCCCCCCCC(=O)OCOP(=O)(O)CS(=O)(=O)C[C@H]1O[C@H](n2ccc3c(NC4CC(F)C4)c(C#N)c(Cl)nc32)[C@H](O)[C@@H]1O. The summed E-state index contributed by atoms with van der Waals surface area (Å²) >= 11 is 6.30. The van der Waals surface area contributed by atoms with Gasteiger partial charge in [-0.1, -0.05) is 95.6 Å². The van der Waals surface area contributed by atoms with E-state index in [4.69, 9.17) is 25.6 Å². The Labute approximate surface area is 315 Å². The smallest absolute Gasteiger partial charge is 0.346 e. The summed E-state index contributed by atoms with van der Waals surface area (Å²) < 4.78 is 68.6. The maximum Gasteiger partial charge on any atom is 0.346 e. The van der Waals surface area contributed by atoms with Crippen LogP contribution in [0, 0.1) is 11.3 Å². The normalized spacial score (nSPS) is 24.1. The number of nitrogens with one attached hydrogen (secondary N) is 1. The summed E-state index contributed by atoms with van der Waals surface area (Å²) in [6.45, 7) is 1.31. The topological polar surface area (TPSA) is 210 Å². The number of rotatable bonds is 24. The van der Waals surface area contributed by atoms with Crippen molar-refractivity contribution in [2.75, 3.05) is 23.4 Å². The summed E-state index contributed by atoms with van der Waals surface area (Å²) in [5, 5.41) is 34.6. The number of carbonyl (C=O) groups excluding carboxylic acids is 1. The monoisotopic (exact) mass is 806 g/mol. The number of ether oxygens (including phenoxy) is 2. The lowest BCUT2D eigenvalue weighted by atomic mass is 9.90. The first-order valence-electron chi connectivity index (χ1n) is 18.6. The van der Waals surface area contributed by atoms with Gasteiger partial charge in [0.2, 0.25) is 6.79 Å². The molecule has 4 rings (SSSR count). The van der Waals surface area contributed by atoms with E-state index in [-0.39, 0.29) is 41.7 Å². The van der Waals surface area contributed by atoms with Crippen LogP contribution in [0.1, 0.15) is 121 Å². The molecule has 4 N–H and O–H groups in total. The number of sulfone groups is 1. The molecule has 18 heteroatoms. The molecule has 5 atom stereocenters. The van der Waals surface area contributed by atoms with Crippen molar-refractivity contribution in [3.05, 3.63) is 23.0 Å².